The lowest BCUT2D eigenvalue weighted by atomic mass is 10.1. The molecule has 0 saturated heterocycles. The van der Waals surface area contributed by atoms with E-state index in [-0.39, 0.29) is 12.5 Å². The highest BCUT2D eigenvalue weighted by Crippen LogP contribution is 2.40. The van der Waals surface area contributed by atoms with Crippen molar-refractivity contribution >= 4 is 5.91 Å². The van der Waals surface area contributed by atoms with Crippen molar-refractivity contribution in [2.75, 3.05) is 13.2 Å². The molecule has 0 aromatic carbocycles. The van der Waals surface area contributed by atoms with Crippen LogP contribution in [0.25, 0.3) is 0 Å². The van der Waals surface area contributed by atoms with Crippen molar-refractivity contribution < 1.29 is 14.6 Å². The maximum absolute atomic E-state index is 12.5. The zero-order valence-electron chi connectivity index (χ0n) is 14.0. The Balaban J connectivity index is 1.40. The van der Waals surface area contributed by atoms with Crippen LogP contribution in [0.3, 0.4) is 0 Å². The van der Waals surface area contributed by atoms with E-state index >= 15 is 0 Å². The van der Waals surface area contributed by atoms with Gasteiger partial charge in [-0.25, -0.2) is 0 Å². The summed E-state index contributed by atoms with van der Waals surface area (Å²) >= 11 is 0. The number of aliphatic hydroxyl groups is 1. The van der Waals surface area contributed by atoms with Gasteiger partial charge in [-0.15, -0.1) is 0 Å². The monoisotopic (exact) mass is 342 g/mol. The molecule has 4 rings (SSSR count). The van der Waals surface area contributed by atoms with E-state index < -0.39 is 6.10 Å². The van der Waals surface area contributed by atoms with Gasteiger partial charge in [-0.1, -0.05) is 0 Å². The van der Waals surface area contributed by atoms with Crippen molar-refractivity contribution in [3.8, 4) is 5.75 Å². The average molecular weight is 342 g/mol. The van der Waals surface area contributed by atoms with E-state index in [0.717, 1.165) is 37.2 Å². The summed E-state index contributed by atoms with van der Waals surface area (Å²) in [5.74, 6) is 0.887. The molecule has 132 valence electrons. The molecule has 25 heavy (non-hydrogen) atoms. The smallest absolute Gasteiger partial charge is 0.260 e. The van der Waals surface area contributed by atoms with Crippen LogP contribution in [0, 0.1) is 5.92 Å². The molecule has 7 heteroatoms. The van der Waals surface area contributed by atoms with Crippen LogP contribution in [0.1, 0.15) is 36.8 Å². The molecule has 2 aromatic heterocycles. The van der Waals surface area contributed by atoms with Crippen LogP contribution in [0.15, 0.2) is 30.6 Å². The summed E-state index contributed by atoms with van der Waals surface area (Å²) in [6.45, 7) is 1.94. The number of aryl methyl sites for hydroxylation is 1. The molecule has 1 aliphatic carbocycles. The molecule has 1 fully saturated rings. The lowest BCUT2D eigenvalue weighted by Gasteiger charge is -2.20. The molecule has 2 aliphatic rings. The van der Waals surface area contributed by atoms with Crippen LogP contribution in [0.5, 0.6) is 5.75 Å². The Morgan fingerprint density at radius 1 is 1.40 bits per heavy atom. The lowest BCUT2D eigenvalue weighted by Crippen LogP contribution is -2.34. The number of hydrogen-bond acceptors (Lipinski definition) is 5. The number of hydrogen-bond donors (Lipinski definition) is 1. The third-order valence-electron chi connectivity index (χ3n) is 4.75. The van der Waals surface area contributed by atoms with E-state index in [0.29, 0.717) is 24.8 Å². The zero-order valence-corrected chi connectivity index (χ0v) is 14.0. The predicted molar refractivity (Wildman–Crippen MR) is 89.7 cm³/mol. The number of carbonyl (C=O) groups excluding carboxylic acids is 1. The fourth-order valence-corrected chi connectivity index (χ4v) is 3.16. The minimum absolute atomic E-state index is 0.00259. The van der Waals surface area contributed by atoms with Crippen molar-refractivity contribution in [2.24, 2.45) is 5.92 Å². The Morgan fingerprint density at radius 3 is 3.04 bits per heavy atom. The first-order valence-electron chi connectivity index (χ1n) is 8.76. The third kappa shape index (κ3) is 3.66. The van der Waals surface area contributed by atoms with Crippen LogP contribution in [-0.2, 0) is 17.9 Å². The van der Waals surface area contributed by atoms with Crippen LogP contribution in [0.2, 0.25) is 0 Å². The molecule has 1 unspecified atom stereocenters. The predicted octanol–water partition coefficient (Wildman–Crippen LogP) is 1.53. The van der Waals surface area contributed by atoms with Crippen molar-refractivity contribution in [3.63, 3.8) is 0 Å². The Morgan fingerprint density at radius 2 is 2.28 bits per heavy atom. The molecule has 0 bridgehead atoms. The Labute approximate surface area is 146 Å². The number of aromatic nitrogens is 3. The number of pyridine rings is 1. The van der Waals surface area contributed by atoms with E-state index in [1.165, 1.54) is 0 Å². The minimum Gasteiger partial charge on any atom is -0.482 e. The first kappa shape index (κ1) is 16.1. The molecule has 1 N–H and O–H groups in total. The van der Waals surface area contributed by atoms with Gasteiger partial charge < -0.3 is 14.7 Å². The van der Waals surface area contributed by atoms with Gasteiger partial charge in [0.1, 0.15) is 11.9 Å². The molecule has 7 nitrogen and oxygen atoms in total. The van der Waals surface area contributed by atoms with Crippen LogP contribution < -0.4 is 4.74 Å². The van der Waals surface area contributed by atoms with Gasteiger partial charge >= 0.3 is 0 Å². The number of carbonyl (C=O) groups is 1. The second kappa shape index (κ2) is 6.84. The van der Waals surface area contributed by atoms with Crippen molar-refractivity contribution in [1.82, 2.24) is 19.7 Å². The number of ether oxygens (including phenoxy) is 1. The van der Waals surface area contributed by atoms with Crippen molar-refractivity contribution in [1.29, 1.82) is 0 Å². The van der Waals surface area contributed by atoms with Gasteiger partial charge in [0.15, 0.2) is 6.61 Å². The summed E-state index contributed by atoms with van der Waals surface area (Å²) in [5.41, 5.74) is 1.71. The highest BCUT2D eigenvalue weighted by Gasteiger charge is 2.33. The van der Waals surface area contributed by atoms with Crippen LogP contribution in [0.4, 0.5) is 0 Å². The Bertz CT molecular complexity index is 742. The topological polar surface area (TPSA) is 80.5 Å². The first-order chi connectivity index (χ1) is 12.2. The molecular weight excluding hydrogens is 320 g/mol. The number of rotatable bonds is 5. The summed E-state index contributed by atoms with van der Waals surface area (Å²) < 4.78 is 7.44. The fourth-order valence-electron chi connectivity index (χ4n) is 3.16. The van der Waals surface area contributed by atoms with E-state index in [4.69, 9.17) is 4.74 Å². The molecule has 0 radical (unpaired) electrons. The minimum atomic E-state index is -0.475. The first-order valence-corrected chi connectivity index (χ1v) is 8.76. The molecule has 1 amide bonds. The van der Waals surface area contributed by atoms with Crippen LogP contribution >= 0.6 is 0 Å². The third-order valence-corrected chi connectivity index (χ3v) is 4.75. The summed E-state index contributed by atoms with van der Waals surface area (Å²) in [7, 11) is 0. The second-order valence-electron chi connectivity index (χ2n) is 6.71. The van der Waals surface area contributed by atoms with Gasteiger partial charge in [0.05, 0.1) is 24.1 Å². The summed E-state index contributed by atoms with van der Waals surface area (Å²) in [6, 6.07) is 5.50. The maximum Gasteiger partial charge on any atom is 0.260 e. The molecule has 2 aromatic rings. The summed E-state index contributed by atoms with van der Waals surface area (Å²) in [5, 5.41) is 14.8. The van der Waals surface area contributed by atoms with Gasteiger partial charge in [0.2, 0.25) is 0 Å². The Hall–Kier alpha value is -2.41. The molecule has 1 atom stereocenters. The van der Waals surface area contributed by atoms with Crippen LogP contribution in [-0.4, -0.2) is 43.8 Å². The van der Waals surface area contributed by atoms with Crippen molar-refractivity contribution in [3.05, 3.63) is 42.0 Å². The fraction of sp³-hybridized carbons (Fsp3) is 0.500. The van der Waals surface area contributed by atoms with Gasteiger partial charge in [-0.2, -0.15) is 5.10 Å². The Kier molecular flexibility index (Phi) is 4.40. The molecule has 3 heterocycles. The van der Waals surface area contributed by atoms with Crippen molar-refractivity contribution in [2.45, 2.75) is 38.5 Å². The van der Waals surface area contributed by atoms with E-state index in [9.17, 15) is 9.90 Å². The SMILES string of the molecule is O=C(COc1cccnc1)N1CCCn2nc(C(O)C3CC3)cc2C1. The maximum atomic E-state index is 12.5. The van der Waals surface area contributed by atoms with E-state index in [1.807, 2.05) is 10.7 Å². The number of fused-ring (bicyclic) bond motifs is 1. The molecule has 1 saturated carbocycles. The standard InChI is InChI=1S/C18H22N4O3/c23-17(12-25-15-3-1-6-19-10-15)21-7-2-8-22-14(11-21)9-16(20-22)18(24)13-4-5-13/h1,3,6,9-10,13,18,24H,2,4-5,7-8,11-12H2. The lowest BCUT2D eigenvalue weighted by molar-refractivity contribution is -0.134. The van der Waals surface area contributed by atoms with Gasteiger partial charge in [-0.05, 0) is 43.4 Å². The van der Waals surface area contributed by atoms with Gasteiger partial charge in [-0.3, -0.25) is 14.5 Å². The number of nitrogens with zero attached hydrogens (tertiary/aromatic N) is 4. The molecular formula is C18H22N4O3. The van der Waals surface area contributed by atoms with Gasteiger partial charge in [0, 0.05) is 19.3 Å². The highest BCUT2D eigenvalue weighted by atomic mass is 16.5. The largest absolute Gasteiger partial charge is 0.482 e. The highest BCUT2D eigenvalue weighted by molar-refractivity contribution is 5.77. The molecule has 0 spiro atoms. The zero-order chi connectivity index (χ0) is 17.2. The summed E-state index contributed by atoms with van der Waals surface area (Å²) in [6.07, 6.45) is 5.76. The quantitative estimate of drug-likeness (QED) is 0.891. The van der Waals surface area contributed by atoms with E-state index in [2.05, 4.69) is 10.1 Å². The second-order valence-corrected chi connectivity index (χ2v) is 6.71. The average Bonchev–Trinajstić information content (AvgIpc) is 3.44. The van der Waals surface area contributed by atoms with E-state index in [1.54, 1.807) is 29.4 Å². The normalized spacial score (nSPS) is 18.4. The number of amides is 1. The summed E-state index contributed by atoms with van der Waals surface area (Å²) in [4.78, 5) is 18.3. The molecule has 1 aliphatic heterocycles. The number of aliphatic hydroxyl groups excluding tert-OH is 1. The van der Waals surface area contributed by atoms with Gasteiger partial charge in [0.25, 0.3) is 5.91 Å².